The van der Waals surface area contributed by atoms with E-state index in [0.29, 0.717) is 19.1 Å². The lowest BCUT2D eigenvalue weighted by Gasteiger charge is -2.37. The Bertz CT molecular complexity index is 358. The molecule has 0 bridgehead atoms. The highest BCUT2D eigenvalue weighted by Crippen LogP contribution is 2.28. The lowest BCUT2D eigenvalue weighted by atomic mass is 9.86. The fourth-order valence-electron chi connectivity index (χ4n) is 2.21. The quantitative estimate of drug-likeness (QED) is 0.764. The van der Waals surface area contributed by atoms with Crippen LogP contribution in [-0.2, 0) is 9.59 Å². The molecule has 0 spiro atoms. The Morgan fingerprint density at radius 3 is 2.39 bits per heavy atom. The van der Waals surface area contributed by atoms with Gasteiger partial charge in [-0.2, -0.15) is 0 Å². The summed E-state index contributed by atoms with van der Waals surface area (Å²) in [6, 6.07) is -0.108. The number of amides is 2. The number of carbonyl (C=O) groups is 2. The third-order valence-corrected chi connectivity index (χ3v) is 3.76. The summed E-state index contributed by atoms with van der Waals surface area (Å²) in [5, 5.41) is 0. The van der Waals surface area contributed by atoms with Gasteiger partial charge >= 0.3 is 0 Å². The van der Waals surface area contributed by atoms with E-state index in [0.717, 1.165) is 12.8 Å². The molecule has 0 aromatic carbocycles. The summed E-state index contributed by atoms with van der Waals surface area (Å²) in [7, 11) is 0. The Hall–Kier alpha value is -1.10. The molecule has 1 aliphatic heterocycles. The first-order valence-corrected chi connectivity index (χ1v) is 6.64. The first-order chi connectivity index (χ1) is 8.30. The van der Waals surface area contributed by atoms with Gasteiger partial charge in [0.2, 0.25) is 11.8 Å². The van der Waals surface area contributed by atoms with Crippen LogP contribution in [0.25, 0.3) is 0 Å². The number of rotatable bonds is 2. The fourth-order valence-corrected chi connectivity index (χ4v) is 2.21. The van der Waals surface area contributed by atoms with Crippen molar-refractivity contribution in [2.75, 3.05) is 19.6 Å². The zero-order valence-electron chi connectivity index (χ0n) is 11.5. The summed E-state index contributed by atoms with van der Waals surface area (Å²) >= 11 is 0. The van der Waals surface area contributed by atoms with Gasteiger partial charge in [0.15, 0.2) is 0 Å². The molecule has 2 rings (SSSR count). The zero-order chi connectivity index (χ0) is 13.5. The second kappa shape index (κ2) is 4.53. The second-order valence-corrected chi connectivity index (χ2v) is 6.42. The average Bonchev–Trinajstić information content (AvgIpc) is 3.09. The zero-order valence-corrected chi connectivity index (χ0v) is 11.5. The standard InChI is InChI=1S/C13H23N3O2/c1-13(2,3)11(14)12(18)15-6-7-16(9-4-5-9)10(17)8-15/h9,11H,4-8,14H2,1-3H3/t11-/m1/s1. The van der Waals surface area contributed by atoms with Gasteiger partial charge in [0, 0.05) is 19.1 Å². The van der Waals surface area contributed by atoms with E-state index in [4.69, 9.17) is 5.73 Å². The summed E-state index contributed by atoms with van der Waals surface area (Å²) in [4.78, 5) is 27.7. The van der Waals surface area contributed by atoms with E-state index in [1.54, 1.807) is 4.90 Å². The topological polar surface area (TPSA) is 66.6 Å². The highest BCUT2D eigenvalue weighted by atomic mass is 16.2. The van der Waals surface area contributed by atoms with Crippen molar-refractivity contribution in [2.45, 2.75) is 45.7 Å². The van der Waals surface area contributed by atoms with Crippen LogP contribution < -0.4 is 5.73 Å². The highest BCUT2D eigenvalue weighted by Gasteiger charge is 2.39. The molecule has 5 heteroatoms. The van der Waals surface area contributed by atoms with Crippen molar-refractivity contribution >= 4 is 11.8 Å². The van der Waals surface area contributed by atoms with Gasteiger partial charge in [-0.25, -0.2) is 0 Å². The number of nitrogens with two attached hydrogens (primary N) is 1. The van der Waals surface area contributed by atoms with Crippen LogP contribution >= 0.6 is 0 Å². The van der Waals surface area contributed by atoms with E-state index in [1.165, 1.54) is 0 Å². The monoisotopic (exact) mass is 253 g/mol. The Balaban J connectivity index is 1.95. The summed E-state index contributed by atoms with van der Waals surface area (Å²) in [6.45, 7) is 7.30. The molecule has 1 heterocycles. The molecule has 0 radical (unpaired) electrons. The summed E-state index contributed by atoms with van der Waals surface area (Å²) < 4.78 is 0. The summed E-state index contributed by atoms with van der Waals surface area (Å²) in [5.74, 6) is -0.0375. The Labute approximate surface area is 108 Å². The molecule has 2 fully saturated rings. The fraction of sp³-hybridized carbons (Fsp3) is 0.846. The summed E-state index contributed by atoms with van der Waals surface area (Å²) in [5.41, 5.74) is 5.69. The van der Waals surface area contributed by atoms with E-state index < -0.39 is 6.04 Å². The van der Waals surface area contributed by atoms with Crippen molar-refractivity contribution < 1.29 is 9.59 Å². The molecule has 0 aromatic rings. The molecule has 5 nitrogen and oxygen atoms in total. The minimum Gasteiger partial charge on any atom is -0.336 e. The molecule has 1 saturated heterocycles. The first kappa shape index (κ1) is 13.3. The van der Waals surface area contributed by atoms with Crippen molar-refractivity contribution in [3.8, 4) is 0 Å². The Kier molecular flexibility index (Phi) is 3.36. The van der Waals surface area contributed by atoms with Gasteiger partial charge in [-0.05, 0) is 18.3 Å². The third-order valence-electron chi connectivity index (χ3n) is 3.76. The number of nitrogens with zero attached hydrogens (tertiary/aromatic N) is 2. The maximum atomic E-state index is 12.2. The van der Waals surface area contributed by atoms with Gasteiger partial charge in [0.05, 0.1) is 12.6 Å². The molecule has 1 saturated carbocycles. The average molecular weight is 253 g/mol. The molecule has 2 amide bonds. The van der Waals surface area contributed by atoms with Crippen molar-refractivity contribution in [1.82, 2.24) is 9.80 Å². The summed E-state index contributed by atoms with van der Waals surface area (Å²) in [6.07, 6.45) is 2.22. The maximum absolute atomic E-state index is 12.2. The van der Waals surface area contributed by atoms with Gasteiger partial charge < -0.3 is 15.5 Å². The van der Waals surface area contributed by atoms with E-state index in [-0.39, 0.29) is 23.8 Å². The second-order valence-electron chi connectivity index (χ2n) is 6.42. The molecule has 102 valence electrons. The predicted molar refractivity (Wildman–Crippen MR) is 68.7 cm³/mol. The largest absolute Gasteiger partial charge is 0.336 e. The normalized spacial score (nSPS) is 23.2. The minimum atomic E-state index is -0.544. The van der Waals surface area contributed by atoms with Crippen LogP contribution in [0, 0.1) is 5.41 Å². The van der Waals surface area contributed by atoms with Gasteiger partial charge in [0.25, 0.3) is 0 Å². The molecule has 0 unspecified atom stereocenters. The maximum Gasteiger partial charge on any atom is 0.242 e. The third kappa shape index (κ3) is 2.66. The molecule has 0 aromatic heterocycles. The van der Waals surface area contributed by atoms with Crippen molar-refractivity contribution in [3.05, 3.63) is 0 Å². The molecule has 1 aliphatic carbocycles. The number of carbonyl (C=O) groups excluding carboxylic acids is 2. The smallest absolute Gasteiger partial charge is 0.242 e. The number of hydrogen-bond acceptors (Lipinski definition) is 3. The van der Waals surface area contributed by atoms with Gasteiger partial charge in [-0.3, -0.25) is 9.59 Å². The lowest BCUT2D eigenvalue weighted by Crippen LogP contribution is -2.58. The van der Waals surface area contributed by atoms with Crippen LogP contribution in [-0.4, -0.2) is 53.3 Å². The highest BCUT2D eigenvalue weighted by molar-refractivity contribution is 5.89. The first-order valence-electron chi connectivity index (χ1n) is 6.64. The molecule has 2 aliphatic rings. The number of piperazine rings is 1. The van der Waals surface area contributed by atoms with E-state index in [2.05, 4.69) is 0 Å². The van der Waals surface area contributed by atoms with E-state index >= 15 is 0 Å². The van der Waals surface area contributed by atoms with Crippen LogP contribution in [0.2, 0.25) is 0 Å². The molecular formula is C13H23N3O2. The van der Waals surface area contributed by atoms with Crippen LogP contribution in [0.5, 0.6) is 0 Å². The van der Waals surface area contributed by atoms with Gasteiger partial charge in [-0.15, -0.1) is 0 Å². The molecular weight excluding hydrogens is 230 g/mol. The van der Waals surface area contributed by atoms with Crippen LogP contribution in [0.1, 0.15) is 33.6 Å². The van der Waals surface area contributed by atoms with Crippen LogP contribution in [0.15, 0.2) is 0 Å². The van der Waals surface area contributed by atoms with Crippen LogP contribution in [0.4, 0.5) is 0 Å². The molecule has 2 N–H and O–H groups in total. The lowest BCUT2D eigenvalue weighted by molar-refractivity contribution is -0.147. The predicted octanol–water partition coefficient (Wildman–Crippen LogP) is 0.193. The van der Waals surface area contributed by atoms with E-state index in [1.807, 2.05) is 25.7 Å². The van der Waals surface area contributed by atoms with Crippen molar-refractivity contribution in [3.63, 3.8) is 0 Å². The van der Waals surface area contributed by atoms with E-state index in [9.17, 15) is 9.59 Å². The number of hydrogen-bond donors (Lipinski definition) is 1. The molecule has 18 heavy (non-hydrogen) atoms. The van der Waals surface area contributed by atoms with Gasteiger partial charge in [0.1, 0.15) is 0 Å². The minimum absolute atomic E-state index is 0.0678. The van der Waals surface area contributed by atoms with Gasteiger partial charge in [-0.1, -0.05) is 20.8 Å². The Morgan fingerprint density at radius 1 is 1.33 bits per heavy atom. The van der Waals surface area contributed by atoms with Crippen molar-refractivity contribution in [1.29, 1.82) is 0 Å². The SMILES string of the molecule is CC(C)(C)[C@H](N)C(=O)N1CCN(C2CC2)C(=O)C1. The van der Waals surface area contributed by atoms with Crippen LogP contribution in [0.3, 0.4) is 0 Å². The Morgan fingerprint density at radius 2 is 1.94 bits per heavy atom. The molecule has 1 atom stereocenters. The van der Waals surface area contributed by atoms with Crippen molar-refractivity contribution in [2.24, 2.45) is 11.1 Å².